The summed E-state index contributed by atoms with van der Waals surface area (Å²) in [5, 5.41) is 11.9. The van der Waals surface area contributed by atoms with Crippen molar-refractivity contribution in [3.63, 3.8) is 0 Å². The quantitative estimate of drug-likeness (QED) is 0.860. The fourth-order valence-electron chi connectivity index (χ4n) is 1.13. The topological polar surface area (TPSA) is 50.2 Å². The van der Waals surface area contributed by atoms with Crippen molar-refractivity contribution in [2.75, 3.05) is 0 Å². The summed E-state index contributed by atoms with van der Waals surface area (Å²) in [6.45, 7) is 7.62. The third-order valence-corrected chi connectivity index (χ3v) is 3.20. The van der Waals surface area contributed by atoms with E-state index in [4.69, 9.17) is 5.11 Å². The van der Waals surface area contributed by atoms with Gasteiger partial charge in [-0.25, -0.2) is 4.98 Å². The van der Waals surface area contributed by atoms with Gasteiger partial charge in [0.2, 0.25) is 0 Å². The maximum Gasteiger partial charge on any atom is 0.309 e. The van der Waals surface area contributed by atoms with Gasteiger partial charge in [-0.15, -0.1) is 11.3 Å². The summed E-state index contributed by atoms with van der Waals surface area (Å²) >= 11 is 1.55. The highest BCUT2D eigenvalue weighted by atomic mass is 32.1. The van der Waals surface area contributed by atoms with Crippen LogP contribution in [0.5, 0.6) is 0 Å². The van der Waals surface area contributed by atoms with Gasteiger partial charge in [-0.1, -0.05) is 13.8 Å². The molecule has 0 fully saturated rings. The molecule has 0 aromatic carbocycles. The number of rotatable bonds is 4. The molecule has 0 aliphatic heterocycles. The number of carboxylic acid groups (broad SMARTS) is 1. The molecule has 4 heteroatoms. The molecule has 1 heterocycles. The first-order valence-electron chi connectivity index (χ1n) is 5.00. The summed E-state index contributed by atoms with van der Waals surface area (Å²) in [6, 6.07) is 0. The Hall–Kier alpha value is -0.900. The molecule has 1 aromatic rings. The van der Waals surface area contributed by atoms with E-state index < -0.39 is 11.4 Å². The molecule has 0 saturated carbocycles. The van der Waals surface area contributed by atoms with Crippen LogP contribution in [0.15, 0.2) is 5.38 Å². The van der Waals surface area contributed by atoms with Crippen molar-refractivity contribution in [1.82, 2.24) is 4.98 Å². The van der Waals surface area contributed by atoms with Crippen LogP contribution in [0.2, 0.25) is 0 Å². The van der Waals surface area contributed by atoms with Crippen LogP contribution in [0.25, 0.3) is 0 Å². The van der Waals surface area contributed by atoms with Crippen LogP contribution in [0.4, 0.5) is 0 Å². The van der Waals surface area contributed by atoms with Gasteiger partial charge in [-0.3, -0.25) is 4.79 Å². The molecule has 1 rings (SSSR count). The van der Waals surface area contributed by atoms with E-state index in [-0.39, 0.29) is 0 Å². The number of thiazole rings is 1. The number of hydrogen-bond acceptors (Lipinski definition) is 3. The van der Waals surface area contributed by atoms with Gasteiger partial charge in [-0.2, -0.15) is 0 Å². The molecular formula is C11H17NO2S. The lowest BCUT2D eigenvalue weighted by atomic mass is 9.90. The Bertz CT molecular complexity index is 355. The zero-order chi connectivity index (χ0) is 11.6. The smallest absolute Gasteiger partial charge is 0.309 e. The Morgan fingerprint density at radius 2 is 2.20 bits per heavy atom. The summed E-state index contributed by atoms with van der Waals surface area (Å²) in [5.74, 6) is -0.369. The second kappa shape index (κ2) is 4.31. The highest BCUT2D eigenvalue weighted by Gasteiger charge is 2.28. The van der Waals surface area contributed by atoms with Crippen LogP contribution in [-0.2, 0) is 11.2 Å². The Balaban J connectivity index is 2.77. The summed E-state index contributed by atoms with van der Waals surface area (Å²) < 4.78 is 0. The average Bonchev–Trinajstić information content (AvgIpc) is 2.51. The first kappa shape index (κ1) is 12.2. The largest absolute Gasteiger partial charge is 0.481 e. The lowest BCUT2D eigenvalue weighted by Crippen LogP contribution is -2.26. The third-order valence-electron chi connectivity index (χ3n) is 2.33. The van der Waals surface area contributed by atoms with Gasteiger partial charge < -0.3 is 5.11 Å². The van der Waals surface area contributed by atoms with Gasteiger partial charge in [0.1, 0.15) is 0 Å². The second-order valence-corrected chi connectivity index (χ2v) is 5.63. The van der Waals surface area contributed by atoms with E-state index >= 15 is 0 Å². The monoisotopic (exact) mass is 227 g/mol. The molecule has 3 nitrogen and oxygen atoms in total. The van der Waals surface area contributed by atoms with Crippen molar-refractivity contribution in [2.45, 2.75) is 40.0 Å². The predicted octanol–water partition coefficient (Wildman–Crippen LogP) is 2.92. The lowest BCUT2D eigenvalue weighted by Gasteiger charge is -2.16. The third kappa shape index (κ3) is 3.02. The number of carboxylic acids is 1. The van der Waals surface area contributed by atoms with Gasteiger partial charge in [-0.05, 0) is 19.8 Å². The van der Waals surface area contributed by atoms with Gasteiger partial charge in [0, 0.05) is 11.8 Å². The summed E-state index contributed by atoms with van der Waals surface area (Å²) in [5.41, 5.74) is 0.322. The minimum atomic E-state index is -0.774. The van der Waals surface area contributed by atoms with Gasteiger partial charge in [0.25, 0.3) is 0 Å². The van der Waals surface area contributed by atoms with E-state index in [2.05, 4.69) is 18.8 Å². The van der Waals surface area contributed by atoms with Crippen molar-refractivity contribution in [1.29, 1.82) is 0 Å². The van der Waals surface area contributed by atoms with E-state index in [1.165, 1.54) is 0 Å². The van der Waals surface area contributed by atoms with E-state index in [0.717, 1.165) is 10.7 Å². The molecule has 0 saturated heterocycles. The maximum atomic E-state index is 10.9. The van der Waals surface area contributed by atoms with Crippen molar-refractivity contribution >= 4 is 17.3 Å². The van der Waals surface area contributed by atoms with Crippen LogP contribution < -0.4 is 0 Å². The van der Waals surface area contributed by atoms with Crippen LogP contribution in [0.3, 0.4) is 0 Å². The lowest BCUT2D eigenvalue weighted by molar-refractivity contribution is -0.146. The Morgan fingerprint density at radius 1 is 1.60 bits per heavy atom. The zero-order valence-corrected chi connectivity index (χ0v) is 10.4. The number of carbonyl (C=O) groups is 1. The van der Waals surface area contributed by atoms with Crippen LogP contribution >= 0.6 is 11.3 Å². The summed E-state index contributed by atoms with van der Waals surface area (Å²) in [7, 11) is 0. The van der Waals surface area contributed by atoms with E-state index in [9.17, 15) is 4.79 Å². The standard InChI is InChI=1S/C11H17NO2S/c1-7(2)8-6-15-9(12-8)5-11(3,4)10(13)14/h6-7H,5H2,1-4H3,(H,13,14). The number of aromatic nitrogens is 1. The highest BCUT2D eigenvalue weighted by Crippen LogP contribution is 2.26. The molecule has 0 unspecified atom stereocenters. The fraction of sp³-hybridized carbons (Fsp3) is 0.636. The van der Waals surface area contributed by atoms with Gasteiger partial charge in [0.15, 0.2) is 0 Å². The molecule has 0 aliphatic carbocycles. The molecule has 0 bridgehead atoms. The van der Waals surface area contributed by atoms with Gasteiger partial charge >= 0.3 is 5.97 Å². The maximum absolute atomic E-state index is 10.9. The fourth-order valence-corrected chi connectivity index (χ4v) is 2.31. The molecular weight excluding hydrogens is 210 g/mol. The molecule has 0 amide bonds. The first-order chi connectivity index (χ1) is 6.83. The van der Waals surface area contributed by atoms with Crippen molar-refractivity contribution in [2.24, 2.45) is 5.41 Å². The Morgan fingerprint density at radius 3 is 2.60 bits per heavy atom. The van der Waals surface area contributed by atoms with Crippen LogP contribution in [0, 0.1) is 5.41 Å². The highest BCUT2D eigenvalue weighted by molar-refractivity contribution is 7.09. The number of aliphatic carboxylic acids is 1. The van der Waals surface area contributed by atoms with Gasteiger partial charge in [0.05, 0.1) is 16.1 Å². The van der Waals surface area contributed by atoms with E-state index in [1.54, 1.807) is 25.2 Å². The zero-order valence-electron chi connectivity index (χ0n) is 9.57. The molecule has 0 spiro atoms. The number of hydrogen-bond donors (Lipinski definition) is 1. The van der Waals surface area contributed by atoms with Crippen LogP contribution in [-0.4, -0.2) is 16.1 Å². The normalized spacial score (nSPS) is 12.1. The molecule has 0 radical (unpaired) electrons. The van der Waals surface area contributed by atoms with Crippen molar-refractivity contribution < 1.29 is 9.90 Å². The summed E-state index contributed by atoms with van der Waals surface area (Å²) in [4.78, 5) is 15.4. The second-order valence-electron chi connectivity index (χ2n) is 4.69. The molecule has 1 N–H and O–H groups in total. The first-order valence-corrected chi connectivity index (χ1v) is 5.88. The minimum Gasteiger partial charge on any atom is -0.481 e. The number of nitrogens with zero attached hydrogens (tertiary/aromatic N) is 1. The molecule has 0 atom stereocenters. The van der Waals surface area contributed by atoms with Crippen LogP contribution in [0.1, 0.15) is 44.3 Å². The minimum absolute atomic E-state index is 0.406. The summed E-state index contributed by atoms with van der Waals surface area (Å²) in [6.07, 6.45) is 0.500. The van der Waals surface area contributed by atoms with E-state index in [0.29, 0.717) is 12.3 Å². The predicted molar refractivity (Wildman–Crippen MR) is 61.3 cm³/mol. The van der Waals surface area contributed by atoms with E-state index in [1.807, 2.05) is 5.38 Å². The van der Waals surface area contributed by atoms with Crippen molar-refractivity contribution in [3.8, 4) is 0 Å². The SMILES string of the molecule is CC(C)c1csc(CC(C)(C)C(=O)O)n1. The van der Waals surface area contributed by atoms with Crippen molar-refractivity contribution in [3.05, 3.63) is 16.1 Å². The molecule has 0 aliphatic rings. The Kier molecular flexibility index (Phi) is 3.50. The molecule has 84 valence electrons. The molecule has 15 heavy (non-hydrogen) atoms. The average molecular weight is 227 g/mol. The Labute approximate surface area is 94.2 Å². The molecule has 1 aromatic heterocycles.